The van der Waals surface area contributed by atoms with Crippen molar-refractivity contribution in [3.63, 3.8) is 0 Å². The molecule has 0 unspecified atom stereocenters. The number of carboxylic acids is 1. The summed E-state index contributed by atoms with van der Waals surface area (Å²) in [6.45, 7) is 5.73. The number of amides is 1. The zero-order valence-corrected chi connectivity index (χ0v) is 24.1. The van der Waals surface area contributed by atoms with Gasteiger partial charge in [-0.1, -0.05) is 63.1 Å². The molecule has 0 radical (unpaired) electrons. The Morgan fingerprint density at radius 3 is 2.27 bits per heavy atom. The van der Waals surface area contributed by atoms with Crippen LogP contribution >= 0.6 is 0 Å². The normalized spacial score (nSPS) is 11.4. The monoisotopic (exact) mass is 465 g/mol. The number of carboxylic acid groups (broad SMARTS) is 1. The van der Waals surface area contributed by atoms with Gasteiger partial charge in [0.2, 0.25) is 5.91 Å². The first-order valence-electron chi connectivity index (χ1n) is 10.4. The molecule has 164 valence electrons. The maximum atomic E-state index is 12.8. The number of aliphatic carboxylic acids is 1. The summed E-state index contributed by atoms with van der Waals surface area (Å²) in [5.74, 6) is -1.69. The molecule has 0 heterocycles. The number of hydrogen-bond donors (Lipinski definition) is 0. The first-order chi connectivity index (χ1) is 14.9. The fourth-order valence-electron chi connectivity index (χ4n) is 3.47. The van der Waals surface area contributed by atoms with E-state index >= 15 is 0 Å². The van der Waals surface area contributed by atoms with Crippen LogP contribution in [0.3, 0.4) is 0 Å². The molecule has 9 heteroatoms. The minimum absolute atomic E-state index is 0. The van der Waals surface area contributed by atoms with E-state index < -0.39 is 12.0 Å². The van der Waals surface area contributed by atoms with E-state index in [-0.39, 0.29) is 77.5 Å². The molecule has 0 saturated heterocycles. The third kappa shape index (κ3) is 9.43. The van der Waals surface area contributed by atoms with E-state index in [0.29, 0.717) is 18.4 Å². The maximum absolute atomic E-state index is 12.8. The zero-order chi connectivity index (χ0) is 22.8. The number of benzene rings is 2. The van der Waals surface area contributed by atoms with Crippen LogP contribution in [0.25, 0.3) is 16.7 Å². The van der Waals surface area contributed by atoms with Gasteiger partial charge in [0.1, 0.15) is 0 Å². The molecular weight excluding hydrogens is 438 g/mol. The van der Waals surface area contributed by atoms with E-state index in [9.17, 15) is 14.7 Å². The van der Waals surface area contributed by atoms with Gasteiger partial charge in [-0.3, -0.25) is 10.0 Å². The number of rotatable bonds is 11. The fraction of sp³-hybridized carbons (Fsp3) is 0.375. The quantitative estimate of drug-likeness (QED) is 0.125. The Hall–Kier alpha value is -1.35. The van der Waals surface area contributed by atoms with E-state index in [0.717, 1.165) is 23.1 Å². The summed E-state index contributed by atoms with van der Waals surface area (Å²) in [4.78, 5) is 26.0. The van der Waals surface area contributed by atoms with Crippen molar-refractivity contribution < 1.29 is 73.8 Å². The second kappa shape index (κ2) is 16.3. The molecule has 0 N–H and O–H groups in total. The van der Waals surface area contributed by atoms with Gasteiger partial charge < -0.3 is 25.4 Å². The van der Waals surface area contributed by atoms with Crippen molar-refractivity contribution in [2.24, 2.45) is 16.2 Å². The third-order valence-electron chi connectivity index (χ3n) is 5.03. The smallest absolute Gasteiger partial charge is 0.548 e. The number of carbonyl (C=O) groups excluding carboxylic acids is 2. The van der Waals surface area contributed by atoms with Crippen LogP contribution in [0.2, 0.25) is 0 Å². The largest absolute Gasteiger partial charge is 1.00 e. The van der Waals surface area contributed by atoms with Crippen molar-refractivity contribution in [2.45, 2.75) is 52.6 Å². The molecule has 0 spiro atoms. The molecule has 0 aliphatic rings. The van der Waals surface area contributed by atoms with E-state index in [2.05, 4.69) is 16.5 Å². The van der Waals surface area contributed by atoms with Crippen LogP contribution in [0, 0.1) is 5.92 Å². The van der Waals surface area contributed by atoms with Crippen LogP contribution in [-0.2, 0) is 16.1 Å². The molecule has 0 aromatic heterocycles. The molecule has 0 fully saturated rings. The summed E-state index contributed by atoms with van der Waals surface area (Å²) >= 11 is 0. The zero-order valence-electron chi connectivity index (χ0n) is 20.1. The standard InChI is InChI=1S/C24H28N4O3.2Na/c1-4-5-10-22(29)28(23(17(2)3)24(30)31)16-18-11-13-19(14-12-18)21-9-7-6-8-20(21)15-26-27-25;;/h6-9,11-14,17,23H,4-5,10,16H2,1-3H3,(H,30,31);;/q-2;2*+1/p-1/t23-;;/m0../s1. The summed E-state index contributed by atoms with van der Waals surface area (Å²) < 4.78 is 0. The van der Waals surface area contributed by atoms with Crippen molar-refractivity contribution in [1.82, 2.24) is 4.90 Å². The summed E-state index contributed by atoms with van der Waals surface area (Å²) in [5, 5.41) is 17.9. The number of carbonyl (C=O) groups is 2. The number of unbranched alkanes of at least 4 members (excludes halogenated alkanes) is 1. The first kappa shape index (κ1) is 31.6. The maximum Gasteiger partial charge on any atom is 1.00 e. The van der Waals surface area contributed by atoms with Gasteiger partial charge in [-0.25, -0.2) is 0 Å². The van der Waals surface area contributed by atoms with Crippen LogP contribution in [0.4, 0.5) is 0 Å². The summed E-state index contributed by atoms with van der Waals surface area (Å²) in [6.07, 6.45) is 4.54. The molecule has 33 heavy (non-hydrogen) atoms. The van der Waals surface area contributed by atoms with Gasteiger partial charge in [-0.2, -0.15) is 17.8 Å². The molecule has 0 aliphatic carbocycles. The molecule has 7 nitrogen and oxygen atoms in total. The Kier molecular flexibility index (Phi) is 15.6. The molecular formula is C24H27N4Na2O3-. The van der Waals surface area contributed by atoms with Gasteiger partial charge in [0, 0.05) is 13.0 Å². The minimum Gasteiger partial charge on any atom is -0.548 e. The summed E-state index contributed by atoms with van der Waals surface area (Å²) in [5.41, 5.74) is 11.8. The van der Waals surface area contributed by atoms with Gasteiger partial charge in [-0.05, 0) is 17.9 Å². The molecule has 0 aliphatic heterocycles. The minimum atomic E-state index is -1.24. The van der Waals surface area contributed by atoms with E-state index in [1.807, 2.05) is 49.4 Å². The van der Waals surface area contributed by atoms with Crippen molar-refractivity contribution >= 4 is 18.1 Å². The van der Waals surface area contributed by atoms with Crippen LogP contribution in [0.5, 0.6) is 0 Å². The van der Waals surface area contributed by atoms with Crippen molar-refractivity contribution in [3.8, 4) is 11.1 Å². The number of hydrogen-bond acceptors (Lipinski definition) is 4. The molecule has 1 atom stereocenters. The van der Waals surface area contributed by atoms with Gasteiger partial charge in [0.25, 0.3) is 0 Å². The van der Waals surface area contributed by atoms with Crippen molar-refractivity contribution in [2.75, 3.05) is 0 Å². The topological polar surface area (TPSA) is 107 Å². The van der Waals surface area contributed by atoms with Crippen molar-refractivity contribution in [1.29, 1.82) is 0 Å². The second-order valence-corrected chi connectivity index (χ2v) is 7.68. The van der Waals surface area contributed by atoms with Crippen LogP contribution in [-0.4, -0.2) is 29.0 Å². The summed E-state index contributed by atoms with van der Waals surface area (Å²) in [7, 11) is 0. The van der Waals surface area contributed by atoms with Crippen LogP contribution in [0.1, 0.15) is 51.2 Å². The van der Waals surface area contributed by atoms with Crippen LogP contribution in [0.15, 0.2) is 58.9 Å². The van der Waals surface area contributed by atoms with Crippen molar-refractivity contribution in [3.05, 3.63) is 65.2 Å². The van der Waals surface area contributed by atoms with Gasteiger partial charge in [0.05, 0.1) is 12.0 Å². The second-order valence-electron chi connectivity index (χ2n) is 7.68. The third-order valence-corrected chi connectivity index (χ3v) is 5.03. The molecule has 0 bridgehead atoms. The van der Waals surface area contributed by atoms with Crippen LogP contribution < -0.4 is 64.2 Å². The Bertz CT molecular complexity index is 934. The Labute approximate surface area is 240 Å². The SMILES string of the molecule is CCCCC(=O)N(Cc1ccc(-c2ccccc2[C-]=NN=[N-])cc1)[C@H](C(=O)[O-])C(C)C.[Na+].[Na+]. The van der Waals surface area contributed by atoms with Gasteiger partial charge in [0.15, 0.2) is 0 Å². The molecule has 2 aromatic rings. The molecule has 0 saturated carbocycles. The Morgan fingerprint density at radius 1 is 1.09 bits per heavy atom. The number of nitrogens with zero attached hydrogens (tertiary/aromatic N) is 4. The molecule has 1 amide bonds. The molecule has 2 aromatic carbocycles. The fourth-order valence-corrected chi connectivity index (χ4v) is 3.47. The van der Waals surface area contributed by atoms with Gasteiger partial charge >= 0.3 is 59.1 Å². The Morgan fingerprint density at radius 2 is 1.73 bits per heavy atom. The van der Waals surface area contributed by atoms with E-state index in [4.69, 9.17) is 5.53 Å². The predicted molar refractivity (Wildman–Crippen MR) is 118 cm³/mol. The van der Waals surface area contributed by atoms with E-state index in [1.54, 1.807) is 19.9 Å². The average molecular weight is 465 g/mol. The Balaban J connectivity index is 0.00000512. The first-order valence-corrected chi connectivity index (χ1v) is 10.4. The van der Waals surface area contributed by atoms with E-state index in [1.165, 1.54) is 4.90 Å². The average Bonchev–Trinajstić information content (AvgIpc) is 2.75. The van der Waals surface area contributed by atoms with Gasteiger partial charge in [-0.15, -0.1) is 17.7 Å². The summed E-state index contributed by atoms with van der Waals surface area (Å²) in [6, 6.07) is 13.9. The molecule has 2 rings (SSSR count). The predicted octanol–water partition coefficient (Wildman–Crippen LogP) is -2.11.